The normalized spacial score (nSPS) is 16.4. The Balaban J connectivity index is 2.20. The van der Waals surface area contributed by atoms with Gasteiger partial charge in [0.05, 0.1) is 17.3 Å². The van der Waals surface area contributed by atoms with Gasteiger partial charge >= 0.3 is 0 Å². The average Bonchev–Trinajstić information content (AvgIpc) is 2.95. The lowest BCUT2D eigenvalue weighted by Gasteiger charge is -2.13. The molecule has 0 saturated heterocycles. The van der Waals surface area contributed by atoms with Crippen LogP contribution in [0.4, 0.5) is 11.4 Å². The van der Waals surface area contributed by atoms with Crippen molar-refractivity contribution in [1.29, 1.82) is 0 Å². The first-order valence-corrected chi connectivity index (χ1v) is 7.44. The molecule has 0 spiro atoms. The van der Waals surface area contributed by atoms with Crippen LogP contribution < -0.4 is 11.1 Å². The lowest BCUT2D eigenvalue weighted by molar-refractivity contribution is -0.119. The molecule has 1 aliphatic rings. The number of amidine groups is 1. The van der Waals surface area contributed by atoms with Crippen LogP contribution in [0.5, 0.6) is 0 Å². The molecule has 1 fully saturated rings. The number of hydrogen-bond acceptors (Lipinski definition) is 2. The maximum Gasteiger partial charge on any atom is 0.227 e. The number of aliphatic imine (C=N–C) groups is 1. The Hall–Kier alpha value is -1.55. The van der Waals surface area contributed by atoms with Crippen LogP contribution in [0, 0.1) is 12.8 Å². The lowest BCUT2D eigenvalue weighted by Crippen LogP contribution is -2.20. The Morgan fingerprint density at radius 2 is 2.15 bits per heavy atom. The van der Waals surface area contributed by atoms with E-state index in [9.17, 15) is 4.79 Å². The number of nitrogens with two attached hydrogens (primary N) is 1. The quantitative estimate of drug-likeness (QED) is 0.508. The summed E-state index contributed by atoms with van der Waals surface area (Å²) in [6.07, 6.45) is 4.21. The van der Waals surface area contributed by atoms with Crippen LogP contribution in [-0.4, -0.2) is 17.6 Å². The van der Waals surface area contributed by atoms with E-state index in [1.165, 1.54) is 0 Å². The van der Waals surface area contributed by atoms with Crippen molar-refractivity contribution in [3.05, 3.63) is 23.8 Å². The molecule has 2 rings (SSSR count). The van der Waals surface area contributed by atoms with Crippen molar-refractivity contribution in [2.75, 3.05) is 11.2 Å². The summed E-state index contributed by atoms with van der Waals surface area (Å²) in [5.74, 6) is 0.712. The second-order valence-corrected chi connectivity index (χ2v) is 5.50. The largest absolute Gasteiger partial charge is 0.386 e. The van der Waals surface area contributed by atoms with Gasteiger partial charge in [-0.3, -0.25) is 4.79 Å². The Morgan fingerprint density at radius 3 is 2.80 bits per heavy atom. The van der Waals surface area contributed by atoms with Gasteiger partial charge in [0.15, 0.2) is 0 Å². The summed E-state index contributed by atoms with van der Waals surface area (Å²) in [5.41, 5.74) is 8.10. The number of alkyl halides is 1. The molecule has 1 aromatic carbocycles. The molecular formula is C15H20ClN3O. The fourth-order valence-electron chi connectivity index (χ4n) is 2.45. The zero-order valence-corrected chi connectivity index (χ0v) is 12.4. The zero-order chi connectivity index (χ0) is 14.5. The number of anilines is 1. The van der Waals surface area contributed by atoms with Gasteiger partial charge in [0, 0.05) is 5.92 Å². The van der Waals surface area contributed by atoms with Crippen molar-refractivity contribution in [2.24, 2.45) is 16.6 Å². The van der Waals surface area contributed by atoms with Gasteiger partial charge in [0.1, 0.15) is 5.84 Å². The number of carbonyl (C=O) groups is 1. The molecule has 1 saturated carbocycles. The topological polar surface area (TPSA) is 67.5 Å². The Morgan fingerprint density at radius 1 is 1.45 bits per heavy atom. The van der Waals surface area contributed by atoms with Crippen LogP contribution >= 0.6 is 11.6 Å². The smallest absolute Gasteiger partial charge is 0.227 e. The molecule has 0 heterocycles. The van der Waals surface area contributed by atoms with Crippen molar-refractivity contribution < 1.29 is 4.79 Å². The molecular weight excluding hydrogens is 274 g/mol. The first kappa shape index (κ1) is 14.9. The third-order valence-electron chi connectivity index (χ3n) is 3.54. The van der Waals surface area contributed by atoms with E-state index in [0.29, 0.717) is 17.2 Å². The first-order chi connectivity index (χ1) is 9.60. The number of rotatable bonds is 4. The Labute approximate surface area is 124 Å². The molecule has 1 amide bonds. The van der Waals surface area contributed by atoms with Crippen molar-refractivity contribution in [3.63, 3.8) is 0 Å². The second-order valence-electron chi connectivity index (χ2n) is 5.23. The first-order valence-electron chi connectivity index (χ1n) is 6.90. The highest BCUT2D eigenvalue weighted by atomic mass is 35.5. The molecule has 5 heteroatoms. The molecule has 4 nitrogen and oxygen atoms in total. The summed E-state index contributed by atoms with van der Waals surface area (Å²) in [6, 6.07) is 5.70. The average molecular weight is 294 g/mol. The Kier molecular flexibility index (Phi) is 5.01. The van der Waals surface area contributed by atoms with E-state index in [0.717, 1.165) is 31.2 Å². The molecule has 0 atom stereocenters. The highest BCUT2D eigenvalue weighted by Crippen LogP contribution is 2.30. The van der Waals surface area contributed by atoms with Gasteiger partial charge in [0.2, 0.25) is 5.91 Å². The highest BCUT2D eigenvalue weighted by Gasteiger charge is 2.23. The fourth-order valence-corrected chi connectivity index (χ4v) is 2.51. The highest BCUT2D eigenvalue weighted by molar-refractivity contribution is 6.28. The molecule has 108 valence electrons. The molecule has 1 aliphatic carbocycles. The summed E-state index contributed by atoms with van der Waals surface area (Å²) in [4.78, 5) is 16.5. The molecule has 1 aromatic rings. The molecule has 3 N–H and O–H groups in total. The SMILES string of the molecule is Cc1ccc(NC(=O)C2CCCC2)c(N=C(N)CCl)c1. The predicted octanol–water partition coefficient (Wildman–Crippen LogP) is 3.35. The standard InChI is InChI=1S/C15H20ClN3O/c1-10-6-7-12(13(8-10)18-14(17)9-16)19-15(20)11-4-2-3-5-11/h6-8,11H,2-5,9H2,1H3,(H2,17,18)(H,19,20). The number of aryl methyl sites for hydroxylation is 1. The van der Waals surface area contributed by atoms with E-state index in [-0.39, 0.29) is 17.7 Å². The van der Waals surface area contributed by atoms with E-state index < -0.39 is 0 Å². The van der Waals surface area contributed by atoms with Crippen LogP contribution in [-0.2, 0) is 4.79 Å². The fraction of sp³-hybridized carbons (Fsp3) is 0.467. The number of benzene rings is 1. The minimum atomic E-state index is 0.0762. The summed E-state index contributed by atoms with van der Waals surface area (Å²) < 4.78 is 0. The monoisotopic (exact) mass is 293 g/mol. The van der Waals surface area contributed by atoms with Gasteiger partial charge in [-0.25, -0.2) is 4.99 Å². The van der Waals surface area contributed by atoms with Crippen molar-refractivity contribution >= 4 is 34.7 Å². The summed E-state index contributed by atoms with van der Waals surface area (Å²) in [5, 5.41) is 2.96. The van der Waals surface area contributed by atoms with E-state index in [2.05, 4.69) is 10.3 Å². The van der Waals surface area contributed by atoms with Crippen LogP contribution in [0.25, 0.3) is 0 Å². The molecule has 0 bridgehead atoms. The Bertz CT molecular complexity index is 522. The third kappa shape index (κ3) is 3.73. The maximum absolute atomic E-state index is 12.2. The minimum Gasteiger partial charge on any atom is -0.386 e. The molecule has 0 aliphatic heterocycles. The van der Waals surface area contributed by atoms with Gasteiger partial charge in [-0.05, 0) is 37.5 Å². The van der Waals surface area contributed by atoms with E-state index >= 15 is 0 Å². The zero-order valence-electron chi connectivity index (χ0n) is 11.7. The number of carbonyl (C=O) groups excluding carboxylic acids is 1. The van der Waals surface area contributed by atoms with Crippen molar-refractivity contribution in [3.8, 4) is 0 Å². The number of nitrogens with one attached hydrogen (secondary N) is 1. The van der Waals surface area contributed by atoms with Crippen LogP contribution in [0.2, 0.25) is 0 Å². The summed E-state index contributed by atoms with van der Waals surface area (Å²) >= 11 is 5.66. The molecule has 0 radical (unpaired) electrons. The molecule has 0 aromatic heterocycles. The van der Waals surface area contributed by atoms with Gasteiger partial charge in [-0.15, -0.1) is 11.6 Å². The van der Waals surface area contributed by atoms with Crippen LogP contribution in [0.1, 0.15) is 31.2 Å². The van der Waals surface area contributed by atoms with Crippen LogP contribution in [0.15, 0.2) is 23.2 Å². The number of hydrogen-bond donors (Lipinski definition) is 2. The number of nitrogens with zero attached hydrogens (tertiary/aromatic N) is 1. The van der Waals surface area contributed by atoms with Crippen molar-refractivity contribution in [1.82, 2.24) is 0 Å². The molecule has 0 unspecified atom stereocenters. The predicted molar refractivity (Wildman–Crippen MR) is 83.8 cm³/mol. The van der Waals surface area contributed by atoms with E-state index in [1.807, 2.05) is 25.1 Å². The van der Waals surface area contributed by atoms with Gasteiger partial charge in [-0.2, -0.15) is 0 Å². The number of halogens is 1. The van der Waals surface area contributed by atoms with Crippen LogP contribution in [0.3, 0.4) is 0 Å². The van der Waals surface area contributed by atoms with E-state index in [1.54, 1.807) is 0 Å². The lowest BCUT2D eigenvalue weighted by atomic mass is 10.1. The third-order valence-corrected chi connectivity index (χ3v) is 3.81. The van der Waals surface area contributed by atoms with Gasteiger partial charge in [0.25, 0.3) is 0 Å². The van der Waals surface area contributed by atoms with Crippen molar-refractivity contribution in [2.45, 2.75) is 32.6 Å². The number of amides is 1. The van der Waals surface area contributed by atoms with E-state index in [4.69, 9.17) is 17.3 Å². The van der Waals surface area contributed by atoms with Gasteiger partial charge < -0.3 is 11.1 Å². The second kappa shape index (κ2) is 6.75. The summed E-state index contributed by atoms with van der Waals surface area (Å²) in [7, 11) is 0. The molecule has 20 heavy (non-hydrogen) atoms. The maximum atomic E-state index is 12.2. The summed E-state index contributed by atoms with van der Waals surface area (Å²) in [6.45, 7) is 1.97. The minimum absolute atomic E-state index is 0.0762. The van der Waals surface area contributed by atoms with Gasteiger partial charge in [-0.1, -0.05) is 18.9 Å².